The van der Waals surface area contributed by atoms with Crippen molar-refractivity contribution >= 4 is 15.7 Å². The summed E-state index contributed by atoms with van der Waals surface area (Å²) in [6.45, 7) is -0.245. The van der Waals surface area contributed by atoms with Gasteiger partial charge in [-0.15, -0.1) is 0 Å². The molecule has 0 heterocycles. The van der Waals surface area contributed by atoms with Gasteiger partial charge in [0.2, 0.25) is 10.0 Å². The van der Waals surface area contributed by atoms with Gasteiger partial charge in [-0.05, 0) is 11.6 Å². The molecule has 0 atom stereocenters. The van der Waals surface area contributed by atoms with Gasteiger partial charge in [0, 0.05) is 24.4 Å². The van der Waals surface area contributed by atoms with Crippen LogP contribution in [0, 0.1) is 17.5 Å². The zero-order valence-electron chi connectivity index (χ0n) is 10.6. The van der Waals surface area contributed by atoms with Crippen LogP contribution in [0.5, 0.6) is 0 Å². The van der Waals surface area contributed by atoms with Crippen LogP contribution < -0.4 is 10.5 Å². The van der Waals surface area contributed by atoms with Crippen molar-refractivity contribution in [2.24, 2.45) is 0 Å². The van der Waals surface area contributed by atoms with Crippen molar-refractivity contribution in [3.05, 3.63) is 59.4 Å². The van der Waals surface area contributed by atoms with Gasteiger partial charge < -0.3 is 5.73 Å². The minimum absolute atomic E-state index is 0.245. The molecule has 112 valence electrons. The van der Waals surface area contributed by atoms with Crippen molar-refractivity contribution in [1.82, 2.24) is 4.72 Å². The number of nitrogens with one attached hydrogen (secondary N) is 1. The summed E-state index contributed by atoms with van der Waals surface area (Å²) in [5, 5.41) is 0. The Kier molecular flexibility index (Phi) is 4.19. The summed E-state index contributed by atoms with van der Waals surface area (Å²) in [5.41, 5.74) is 6.42. The second-order valence-electron chi connectivity index (χ2n) is 4.22. The normalized spacial score (nSPS) is 11.6. The van der Waals surface area contributed by atoms with Gasteiger partial charge in [-0.2, -0.15) is 0 Å². The molecule has 0 radical (unpaired) electrons. The smallest absolute Gasteiger partial charge is 0.246 e. The number of para-hydroxylation sites is 1. The lowest BCUT2D eigenvalue weighted by molar-refractivity contribution is 0.494. The Hall–Kier alpha value is -2.06. The van der Waals surface area contributed by atoms with Crippen molar-refractivity contribution in [2.75, 3.05) is 5.73 Å². The summed E-state index contributed by atoms with van der Waals surface area (Å²) in [6, 6.07) is 7.02. The van der Waals surface area contributed by atoms with E-state index in [2.05, 4.69) is 0 Å². The summed E-state index contributed by atoms with van der Waals surface area (Å²) in [5.74, 6) is -4.20. The fourth-order valence-electron chi connectivity index (χ4n) is 1.73. The first-order valence-corrected chi connectivity index (χ1v) is 7.27. The van der Waals surface area contributed by atoms with Crippen molar-refractivity contribution in [2.45, 2.75) is 11.4 Å². The van der Waals surface area contributed by atoms with E-state index in [0.717, 1.165) is 0 Å². The maximum absolute atomic E-state index is 13.5. The molecule has 0 saturated carbocycles. The van der Waals surface area contributed by atoms with E-state index in [0.29, 0.717) is 23.4 Å². The SMILES string of the molecule is Nc1ccccc1CNS(=O)(=O)c1c(F)cc(F)cc1F. The van der Waals surface area contributed by atoms with E-state index in [1.54, 1.807) is 24.3 Å². The van der Waals surface area contributed by atoms with Gasteiger partial charge in [-0.3, -0.25) is 0 Å². The Bertz CT molecular complexity index is 756. The molecule has 0 aromatic heterocycles. The van der Waals surface area contributed by atoms with Crippen LogP contribution >= 0.6 is 0 Å². The molecule has 0 aliphatic carbocycles. The molecule has 0 amide bonds. The van der Waals surface area contributed by atoms with E-state index in [9.17, 15) is 21.6 Å². The average molecular weight is 316 g/mol. The molecular formula is C13H11F3N2O2S. The number of hydrogen-bond donors (Lipinski definition) is 2. The van der Waals surface area contributed by atoms with Gasteiger partial charge in [0.15, 0.2) is 4.90 Å². The van der Waals surface area contributed by atoms with Crippen molar-refractivity contribution < 1.29 is 21.6 Å². The van der Waals surface area contributed by atoms with Gasteiger partial charge in [0.1, 0.15) is 17.5 Å². The molecule has 2 aromatic rings. The number of nitrogen functional groups attached to an aromatic ring is 1. The molecule has 21 heavy (non-hydrogen) atoms. The molecule has 0 bridgehead atoms. The molecule has 0 saturated heterocycles. The molecular weight excluding hydrogens is 305 g/mol. The Morgan fingerprint density at radius 3 is 2.19 bits per heavy atom. The lowest BCUT2D eigenvalue weighted by Gasteiger charge is -2.10. The van der Waals surface area contributed by atoms with Gasteiger partial charge in [0.05, 0.1) is 0 Å². The second kappa shape index (κ2) is 5.74. The highest BCUT2D eigenvalue weighted by atomic mass is 32.2. The first-order chi connectivity index (χ1) is 9.81. The monoisotopic (exact) mass is 316 g/mol. The third-order valence-electron chi connectivity index (χ3n) is 2.74. The summed E-state index contributed by atoms with van der Waals surface area (Å²) in [6.07, 6.45) is 0. The summed E-state index contributed by atoms with van der Waals surface area (Å²) < 4.78 is 65.6. The molecule has 8 heteroatoms. The third-order valence-corrected chi connectivity index (χ3v) is 4.19. The molecule has 0 unspecified atom stereocenters. The maximum atomic E-state index is 13.5. The lowest BCUT2D eigenvalue weighted by Crippen LogP contribution is -2.25. The highest BCUT2D eigenvalue weighted by Gasteiger charge is 2.25. The van der Waals surface area contributed by atoms with E-state index >= 15 is 0 Å². The van der Waals surface area contributed by atoms with Crippen LogP contribution in [0.15, 0.2) is 41.3 Å². The van der Waals surface area contributed by atoms with E-state index in [1.165, 1.54) is 0 Å². The van der Waals surface area contributed by atoms with E-state index < -0.39 is 32.4 Å². The second-order valence-corrected chi connectivity index (χ2v) is 5.93. The molecule has 0 fully saturated rings. The Balaban J connectivity index is 2.30. The number of rotatable bonds is 4. The van der Waals surface area contributed by atoms with Gasteiger partial charge in [0.25, 0.3) is 0 Å². The largest absolute Gasteiger partial charge is 0.398 e. The number of benzene rings is 2. The van der Waals surface area contributed by atoms with E-state index in [-0.39, 0.29) is 6.54 Å². The van der Waals surface area contributed by atoms with Crippen LogP contribution in [0.25, 0.3) is 0 Å². The fourth-order valence-corrected chi connectivity index (χ4v) is 2.85. The summed E-state index contributed by atoms with van der Waals surface area (Å²) in [4.78, 5) is -1.22. The number of sulfonamides is 1. The van der Waals surface area contributed by atoms with Crippen molar-refractivity contribution in [1.29, 1.82) is 0 Å². The lowest BCUT2D eigenvalue weighted by atomic mass is 10.2. The van der Waals surface area contributed by atoms with Crippen LogP contribution in [-0.4, -0.2) is 8.42 Å². The molecule has 2 aromatic carbocycles. The minimum atomic E-state index is -4.48. The van der Waals surface area contributed by atoms with Crippen LogP contribution in [-0.2, 0) is 16.6 Å². The van der Waals surface area contributed by atoms with Crippen LogP contribution in [0.4, 0.5) is 18.9 Å². The Labute approximate surface area is 119 Å². The number of nitrogens with two attached hydrogens (primary N) is 1. The molecule has 3 N–H and O–H groups in total. The predicted octanol–water partition coefficient (Wildman–Crippen LogP) is 2.16. The van der Waals surface area contributed by atoms with Crippen molar-refractivity contribution in [3.63, 3.8) is 0 Å². The van der Waals surface area contributed by atoms with E-state index in [4.69, 9.17) is 5.73 Å². The maximum Gasteiger partial charge on any atom is 0.246 e. The minimum Gasteiger partial charge on any atom is -0.398 e. The number of halogens is 3. The van der Waals surface area contributed by atoms with Gasteiger partial charge in [-0.1, -0.05) is 18.2 Å². The fraction of sp³-hybridized carbons (Fsp3) is 0.0769. The summed E-state index contributed by atoms with van der Waals surface area (Å²) >= 11 is 0. The number of hydrogen-bond acceptors (Lipinski definition) is 3. The molecule has 0 aliphatic heterocycles. The summed E-state index contributed by atoms with van der Waals surface area (Å²) in [7, 11) is -4.48. The topological polar surface area (TPSA) is 72.2 Å². The zero-order chi connectivity index (χ0) is 15.6. The Morgan fingerprint density at radius 2 is 1.62 bits per heavy atom. The van der Waals surface area contributed by atoms with Crippen molar-refractivity contribution in [3.8, 4) is 0 Å². The number of anilines is 1. The van der Waals surface area contributed by atoms with Gasteiger partial charge in [-0.25, -0.2) is 26.3 Å². The standard InChI is InChI=1S/C13H11F3N2O2S/c14-9-5-10(15)13(11(16)6-9)21(19,20)18-7-8-3-1-2-4-12(8)17/h1-6,18H,7,17H2. The first kappa shape index (κ1) is 15.3. The van der Waals surface area contributed by atoms with Crippen LogP contribution in [0.1, 0.15) is 5.56 Å². The first-order valence-electron chi connectivity index (χ1n) is 5.79. The molecule has 0 aliphatic rings. The van der Waals surface area contributed by atoms with Crippen LogP contribution in [0.3, 0.4) is 0 Å². The average Bonchev–Trinajstić information content (AvgIpc) is 2.36. The molecule has 2 rings (SSSR count). The predicted molar refractivity (Wildman–Crippen MR) is 71.2 cm³/mol. The zero-order valence-corrected chi connectivity index (χ0v) is 11.4. The highest BCUT2D eigenvalue weighted by molar-refractivity contribution is 7.89. The third kappa shape index (κ3) is 3.34. The van der Waals surface area contributed by atoms with Crippen LogP contribution in [0.2, 0.25) is 0 Å². The molecule has 0 spiro atoms. The highest BCUT2D eigenvalue weighted by Crippen LogP contribution is 2.20. The quantitative estimate of drug-likeness (QED) is 0.849. The Morgan fingerprint density at radius 1 is 1.05 bits per heavy atom. The van der Waals surface area contributed by atoms with E-state index in [1.807, 2.05) is 4.72 Å². The molecule has 4 nitrogen and oxygen atoms in total. The van der Waals surface area contributed by atoms with Gasteiger partial charge >= 0.3 is 0 Å².